The molecule has 12 nitrogen and oxygen atoms in total. The number of carboxylic acid groups (broad SMARTS) is 1. The van der Waals surface area contributed by atoms with Gasteiger partial charge >= 0.3 is 12.1 Å². The molecule has 2 heterocycles. The van der Waals surface area contributed by atoms with Gasteiger partial charge in [-0.3, -0.25) is 9.59 Å². The Hall–Kier alpha value is -4.58. The van der Waals surface area contributed by atoms with Crippen molar-refractivity contribution in [1.82, 2.24) is 35.5 Å². The van der Waals surface area contributed by atoms with E-state index < -0.39 is 30.3 Å². The Kier molecular flexibility index (Phi) is 9.44. The normalized spacial score (nSPS) is 11.2. The molecule has 0 aliphatic carbocycles. The second-order valence-electron chi connectivity index (χ2n) is 7.85. The van der Waals surface area contributed by atoms with Crippen LogP contribution in [0, 0.1) is 0 Å². The fourth-order valence-electron chi connectivity index (χ4n) is 3.55. The second kappa shape index (κ2) is 12.9. The van der Waals surface area contributed by atoms with Gasteiger partial charge in [-0.05, 0) is 21.6 Å². The number of tetrazole rings is 1. The minimum Gasteiger partial charge on any atom is -0.481 e. The Labute approximate surface area is 217 Å². The fraction of sp³-hybridized carbons (Fsp3) is 0.208. The van der Waals surface area contributed by atoms with Crippen LogP contribution in [0.5, 0.6) is 0 Å². The first-order valence-electron chi connectivity index (χ1n) is 11.0. The topological polar surface area (TPSA) is 165 Å². The van der Waals surface area contributed by atoms with Gasteiger partial charge < -0.3 is 20.1 Å². The van der Waals surface area contributed by atoms with Crippen LogP contribution in [0.15, 0.2) is 67.0 Å². The zero-order valence-corrected chi connectivity index (χ0v) is 20.3. The van der Waals surface area contributed by atoms with Gasteiger partial charge in [0.2, 0.25) is 0 Å². The zero-order valence-electron chi connectivity index (χ0n) is 19.5. The number of ketones is 1. The summed E-state index contributed by atoms with van der Waals surface area (Å²) >= 11 is 0. The molecule has 3 N–H and O–H groups in total. The average Bonchev–Trinajstić information content (AvgIpc) is 3.56. The number of aliphatic carboxylic acids is 1. The van der Waals surface area contributed by atoms with Gasteiger partial charge in [0.05, 0.1) is 6.42 Å². The highest BCUT2D eigenvalue weighted by Gasteiger charge is 2.26. The molecule has 0 fully saturated rings. The predicted octanol–water partition coefficient (Wildman–Crippen LogP) is 2.41. The first-order chi connectivity index (χ1) is 17.5. The molecule has 2 aromatic carbocycles. The first kappa shape index (κ1) is 27.0. The highest BCUT2D eigenvalue weighted by Crippen LogP contribution is 2.22. The number of hydrogen-bond acceptors (Lipinski definition) is 8. The van der Waals surface area contributed by atoms with Crippen LogP contribution in [-0.2, 0) is 33.9 Å². The molecule has 0 aliphatic heterocycles. The van der Waals surface area contributed by atoms with Crippen molar-refractivity contribution < 1.29 is 24.2 Å². The number of H-pyrrole nitrogens is 1. The number of ether oxygens (including phenoxy) is 1. The molecule has 1 amide bonds. The maximum atomic E-state index is 12.9. The van der Waals surface area contributed by atoms with E-state index in [4.69, 9.17) is 4.74 Å². The third kappa shape index (κ3) is 7.45. The maximum absolute atomic E-state index is 12.9. The van der Waals surface area contributed by atoms with Crippen molar-refractivity contribution in [2.75, 3.05) is 0 Å². The maximum Gasteiger partial charge on any atom is 0.408 e. The van der Waals surface area contributed by atoms with Crippen LogP contribution in [0.4, 0.5) is 4.79 Å². The van der Waals surface area contributed by atoms with Gasteiger partial charge in [0.15, 0.2) is 11.6 Å². The molecule has 1 unspecified atom stereocenters. The van der Waals surface area contributed by atoms with Gasteiger partial charge in [-0.15, -0.1) is 17.5 Å². The molecule has 1 atom stereocenters. The van der Waals surface area contributed by atoms with Crippen molar-refractivity contribution in [3.63, 3.8) is 0 Å². The number of carbonyl (C=O) groups is 3. The van der Waals surface area contributed by atoms with Crippen LogP contribution in [0.2, 0.25) is 0 Å². The molecule has 13 heteroatoms. The third-order valence-electron chi connectivity index (χ3n) is 5.30. The summed E-state index contributed by atoms with van der Waals surface area (Å²) in [4.78, 5) is 43.9. The standard InChI is InChI=1S/C24H23N7O5.ClH/c32-20(19(13-22(33)34)27-24(35)36-15-16-6-2-1-3-7-16)14-31-21(28-29-30-31)12-17-8-4-5-9-18(17)23-25-10-11-26-23;/h1-11,19H,12-15H2,(H,25,26)(H,27,35)(H,33,34);1H. The van der Waals surface area contributed by atoms with Gasteiger partial charge in [-0.25, -0.2) is 14.5 Å². The highest BCUT2D eigenvalue weighted by molar-refractivity contribution is 5.90. The van der Waals surface area contributed by atoms with E-state index in [1.54, 1.807) is 36.7 Å². The summed E-state index contributed by atoms with van der Waals surface area (Å²) in [6.45, 7) is -0.352. The SMILES string of the molecule is Cl.O=C(O)CC(NC(=O)OCc1ccccc1)C(=O)Cn1nnnc1Cc1ccccc1-c1ncc[nH]1. The Morgan fingerprint density at radius 3 is 2.57 bits per heavy atom. The van der Waals surface area contributed by atoms with Crippen LogP contribution in [0.25, 0.3) is 11.4 Å². The minimum absolute atomic E-state index is 0. The lowest BCUT2D eigenvalue weighted by Crippen LogP contribution is -2.44. The third-order valence-corrected chi connectivity index (χ3v) is 5.30. The van der Waals surface area contributed by atoms with Crippen molar-refractivity contribution in [2.24, 2.45) is 0 Å². The second-order valence-corrected chi connectivity index (χ2v) is 7.85. The molecule has 0 radical (unpaired) electrons. The number of benzene rings is 2. The van der Waals surface area contributed by atoms with Crippen molar-refractivity contribution in [3.8, 4) is 11.4 Å². The lowest BCUT2D eigenvalue weighted by atomic mass is 10.0. The number of imidazole rings is 1. The number of alkyl carbamates (subject to hydrolysis) is 1. The van der Waals surface area contributed by atoms with E-state index in [1.165, 1.54) is 4.68 Å². The quantitative estimate of drug-likeness (QED) is 0.266. The molecule has 0 spiro atoms. The van der Waals surface area contributed by atoms with E-state index in [9.17, 15) is 19.5 Å². The molecule has 0 aliphatic rings. The monoisotopic (exact) mass is 525 g/mol. The molecule has 192 valence electrons. The van der Waals surface area contributed by atoms with E-state index in [2.05, 4.69) is 30.8 Å². The number of nitrogens with one attached hydrogen (secondary N) is 2. The molecule has 37 heavy (non-hydrogen) atoms. The fourth-order valence-corrected chi connectivity index (χ4v) is 3.55. The lowest BCUT2D eigenvalue weighted by Gasteiger charge is -2.16. The van der Waals surface area contributed by atoms with Gasteiger partial charge in [0.1, 0.15) is 25.0 Å². The summed E-state index contributed by atoms with van der Waals surface area (Å²) in [7, 11) is 0. The van der Waals surface area contributed by atoms with Gasteiger partial charge in [-0.2, -0.15) is 0 Å². The molecule has 4 aromatic rings. The van der Waals surface area contributed by atoms with Crippen molar-refractivity contribution in [1.29, 1.82) is 0 Å². The van der Waals surface area contributed by atoms with Crippen molar-refractivity contribution >= 4 is 30.3 Å². The number of carboxylic acids is 1. The Bertz CT molecular complexity index is 1330. The molecular weight excluding hydrogens is 502 g/mol. The number of aromatic amines is 1. The van der Waals surface area contributed by atoms with E-state index in [-0.39, 0.29) is 25.6 Å². The van der Waals surface area contributed by atoms with E-state index in [0.717, 1.165) is 16.7 Å². The number of aromatic nitrogens is 6. The Morgan fingerprint density at radius 1 is 1.08 bits per heavy atom. The largest absolute Gasteiger partial charge is 0.481 e. The smallest absolute Gasteiger partial charge is 0.408 e. The number of nitrogens with zero attached hydrogens (tertiary/aromatic N) is 5. The number of rotatable bonds is 11. The molecule has 0 saturated heterocycles. The van der Waals surface area contributed by atoms with E-state index in [0.29, 0.717) is 18.1 Å². The molecule has 0 bridgehead atoms. The Balaban J connectivity index is 0.00000380. The molecule has 0 saturated carbocycles. The van der Waals surface area contributed by atoms with E-state index >= 15 is 0 Å². The van der Waals surface area contributed by atoms with Gasteiger partial charge in [-0.1, -0.05) is 54.6 Å². The van der Waals surface area contributed by atoms with Crippen molar-refractivity contribution in [2.45, 2.75) is 32.0 Å². The number of hydrogen-bond donors (Lipinski definition) is 3. The number of Topliss-reactive ketones (excluding diaryl/α,β-unsaturated/α-hetero) is 1. The lowest BCUT2D eigenvalue weighted by molar-refractivity contribution is -0.139. The van der Waals surface area contributed by atoms with Gasteiger partial charge in [0.25, 0.3) is 0 Å². The molecular formula is C24H24ClN7O5. The molecule has 4 rings (SSSR count). The first-order valence-corrected chi connectivity index (χ1v) is 11.0. The summed E-state index contributed by atoms with van der Waals surface area (Å²) in [5.74, 6) is -0.758. The number of amides is 1. The number of halogens is 1. The summed E-state index contributed by atoms with van der Waals surface area (Å²) < 4.78 is 6.41. The average molecular weight is 526 g/mol. The summed E-state index contributed by atoms with van der Waals surface area (Å²) in [5, 5.41) is 23.2. The summed E-state index contributed by atoms with van der Waals surface area (Å²) in [6, 6.07) is 15.2. The summed E-state index contributed by atoms with van der Waals surface area (Å²) in [5.41, 5.74) is 2.48. The van der Waals surface area contributed by atoms with Gasteiger partial charge in [0, 0.05) is 24.4 Å². The number of carbonyl (C=O) groups excluding carboxylic acids is 2. The summed E-state index contributed by atoms with van der Waals surface area (Å²) in [6.07, 6.45) is 2.15. The molecule has 2 aromatic heterocycles. The van der Waals surface area contributed by atoms with Crippen LogP contribution >= 0.6 is 12.4 Å². The van der Waals surface area contributed by atoms with Crippen molar-refractivity contribution in [3.05, 3.63) is 83.9 Å². The highest BCUT2D eigenvalue weighted by atomic mass is 35.5. The predicted molar refractivity (Wildman–Crippen MR) is 133 cm³/mol. The zero-order chi connectivity index (χ0) is 25.3. The van der Waals surface area contributed by atoms with Crippen LogP contribution in [0.3, 0.4) is 0 Å². The van der Waals surface area contributed by atoms with Crippen LogP contribution in [-0.4, -0.2) is 59.2 Å². The van der Waals surface area contributed by atoms with Crippen LogP contribution in [0.1, 0.15) is 23.4 Å². The van der Waals surface area contributed by atoms with E-state index in [1.807, 2.05) is 30.3 Å². The minimum atomic E-state index is -1.32. The van der Waals surface area contributed by atoms with Crippen LogP contribution < -0.4 is 5.32 Å². The Morgan fingerprint density at radius 2 is 1.84 bits per heavy atom.